The van der Waals surface area contributed by atoms with Crippen molar-refractivity contribution in [2.24, 2.45) is 5.11 Å². The van der Waals surface area contributed by atoms with Crippen molar-refractivity contribution in [1.82, 2.24) is 0 Å². The minimum Gasteiger partial charge on any atom is -0.493 e. The Bertz CT molecular complexity index is 553. The fourth-order valence-electron chi connectivity index (χ4n) is 2.61. The lowest BCUT2D eigenvalue weighted by Gasteiger charge is -2.25. The quantitative estimate of drug-likeness (QED) is 0.480. The second-order valence-corrected chi connectivity index (χ2v) is 4.72. The van der Waals surface area contributed by atoms with Gasteiger partial charge in [0.05, 0.1) is 20.3 Å². The molecule has 1 aromatic carbocycles. The molecule has 6 heteroatoms. The number of nitrogens with zero attached hydrogens (tertiary/aromatic N) is 3. The van der Waals surface area contributed by atoms with Crippen molar-refractivity contribution in [3.05, 3.63) is 34.2 Å². The molecule has 1 aromatic rings. The van der Waals surface area contributed by atoms with Crippen molar-refractivity contribution in [1.29, 1.82) is 0 Å². The zero-order chi connectivity index (χ0) is 14.5. The van der Waals surface area contributed by atoms with Gasteiger partial charge in [0.1, 0.15) is 5.78 Å². The number of Topliss-reactive ketones (excluding diaryl/α,β-unsaturated/α-hetero) is 1. The number of benzene rings is 1. The smallest absolute Gasteiger partial charge is 0.161 e. The first-order chi connectivity index (χ1) is 9.71. The molecule has 0 N–H and O–H groups in total. The molecule has 0 radical (unpaired) electrons. The molecule has 0 aliphatic heterocycles. The Labute approximate surface area is 117 Å². The van der Waals surface area contributed by atoms with E-state index in [0.29, 0.717) is 17.9 Å². The monoisotopic (exact) mass is 275 g/mol. The Kier molecular flexibility index (Phi) is 4.48. The predicted octanol–water partition coefficient (Wildman–Crippen LogP) is 3.22. The van der Waals surface area contributed by atoms with Crippen LogP contribution in [0.1, 0.15) is 30.7 Å². The summed E-state index contributed by atoms with van der Waals surface area (Å²) in [4.78, 5) is 15.1. The number of carbonyl (C=O) groups excluding carboxylic acids is 1. The third-order valence-electron chi connectivity index (χ3n) is 3.64. The highest BCUT2D eigenvalue weighted by Crippen LogP contribution is 2.36. The van der Waals surface area contributed by atoms with E-state index in [1.165, 1.54) is 0 Å². The summed E-state index contributed by atoms with van der Waals surface area (Å²) in [5, 5.41) is 3.59. The predicted molar refractivity (Wildman–Crippen MR) is 74.1 cm³/mol. The molecule has 20 heavy (non-hydrogen) atoms. The van der Waals surface area contributed by atoms with E-state index >= 15 is 0 Å². The summed E-state index contributed by atoms with van der Waals surface area (Å²) in [6.45, 7) is 0. The average molecular weight is 275 g/mol. The van der Waals surface area contributed by atoms with Gasteiger partial charge in [-0.05, 0) is 36.1 Å². The maximum atomic E-state index is 12.3. The Morgan fingerprint density at radius 2 is 2.00 bits per heavy atom. The van der Waals surface area contributed by atoms with Crippen LogP contribution in [0.3, 0.4) is 0 Å². The summed E-state index contributed by atoms with van der Waals surface area (Å²) in [6, 6.07) is 4.92. The number of hydrogen-bond donors (Lipinski definition) is 0. The van der Waals surface area contributed by atoms with Crippen LogP contribution in [0.5, 0.6) is 11.5 Å². The van der Waals surface area contributed by atoms with E-state index < -0.39 is 6.04 Å². The van der Waals surface area contributed by atoms with Gasteiger partial charge < -0.3 is 9.47 Å². The van der Waals surface area contributed by atoms with Crippen LogP contribution in [0.4, 0.5) is 0 Å². The first-order valence-electron chi connectivity index (χ1n) is 6.51. The van der Waals surface area contributed by atoms with Crippen molar-refractivity contribution in [2.45, 2.75) is 31.2 Å². The summed E-state index contributed by atoms with van der Waals surface area (Å²) in [6.07, 6.45) is 2.27. The van der Waals surface area contributed by atoms with E-state index in [4.69, 9.17) is 15.0 Å². The molecular weight excluding hydrogens is 258 g/mol. The number of rotatable bonds is 4. The van der Waals surface area contributed by atoms with E-state index in [1.54, 1.807) is 20.3 Å². The molecule has 0 aromatic heterocycles. The van der Waals surface area contributed by atoms with Gasteiger partial charge in [-0.15, -0.1) is 0 Å². The molecule has 0 saturated heterocycles. The molecule has 0 bridgehead atoms. The summed E-state index contributed by atoms with van der Waals surface area (Å²) in [5.74, 6) is 0.982. The molecule has 1 aliphatic carbocycles. The molecular formula is C14H17N3O3. The van der Waals surface area contributed by atoms with Gasteiger partial charge in [0.25, 0.3) is 0 Å². The number of azide groups is 1. The van der Waals surface area contributed by atoms with Gasteiger partial charge in [-0.25, -0.2) is 0 Å². The first kappa shape index (κ1) is 14.2. The van der Waals surface area contributed by atoms with Crippen LogP contribution in [0.15, 0.2) is 23.3 Å². The number of carbonyl (C=O) groups is 1. The molecule has 2 unspecified atom stereocenters. The van der Waals surface area contributed by atoms with Crippen LogP contribution < -0.4 is 9.47 Å². The van der Waals surface area contributed by atoms with Gasteiger partial charge in [0.15, 0.2) is 11.5 Å². The molecule has 2 atom stereocenters. The van der Waals surface area contributed by atoms with E-state index in [0.717, 1.165) is 18.4 Å². The van der Waals surface area contributed by atoms with Crippen LogP contribution in [-0.2, 0) is 4.79 Å². The lowest BCUT2D eigenvalue weighted by atomic mass is 9.80. The van der Waals surface area contributed by atoms with Gasteiger partial charge in [-0.3, -0.25) is 4.79 Å². The lowest BCUT2D eigenvalue weighted by molar-refractivity contribution is -0.123. The SMILES string of the molecule is COc1ccc(C2CCCC(N=[N+]=[N-])C2=O)cc1OC. The minimum atomic E-state index is -0.549. The Morgan fingerprint density at radius 1 is 1.25 bits per heavy atom. The molecule has 1 saturated carbocycles. The fourth-order valence-corrected chi connectivity index (χ4v) is 2.61. The number of ether oxygens (including phenoxy) is 2. The molecule has 6 nitrogen and oxygen atoms in total. The molecule has 1 fully saturated rings. The highest BCUT2D eigenvalue weighted by molar-refractivity contribution is 5.91. The van der Waals surface area contributed by atoms with Crippen LogP contribution in [0, 0.1) is 0 Å². The molecule has 1 aliphatic rings. The highest BCUT2D eigenvalue weighted by Gasteiger charge is 2.31. The van der Waals surface area contributed by atoms with Gasteiger partial charge in [-0.1, -0.05) is 17.6 Å². The largest absolute Gasteiger partial charge is 0.493 e. The second kappa shape index (κ2) is 6.30. The van der Waals surface area contributed by atoms with Crippen molar-refractivity contribution in [3.63, 3.8) is 0 Å². The van der Waals surface area contributed by atoms with Crippen molar-refractivity contribution in [3.8, 4) is 11.5 Å². The topological polar surface area (TPSA) is 84.3 Å². The first-order valence-corrected chi connectivity index (χ1v) is 6.51. The highest BCUT2D eigenvalue weighted by atomic mass is 16.5. The van der Waals surface area contributed by atoms with E-state index in [1.807, 2.05) is 12.1 Å². The van der Waals surface area contributed by atoms with E-state index in [-0.39, 0.29) is 11.7 Å². The van der Waals surface area contributed by atoms with Crippen LogP contribution in [0.2, 0.25) is 0 Å². The number of methoxy groups -OCH3 is 2. The zero-order valence-electron chi connectivity index (χ0n) is 11.6. The average Bonchev–Trinajstić information content (AvgIpc) is 2.49. The molecule has 0 spiro atoms. The van der Waals surface area contributed by atoms with Gasteiger partial charge in [0, 0.05) is 10.8 Å². The van der Waals surface area contributed by atoms with Crippen molar-refractivity contribution >= 4 is 5.78 Å². The molecule has 106 valence electrons. The third-order valence-corrected chi connectivity index (χ3v) is 3.64. The Morgan fingerprint density at radius 3 is 2.65 bits per heavy atom. The fraction of sp³-hybridized carbons (Fsp3) is 0.500. The normalized spacial score (nSPS) is 22.0. The number of hydrogen-bond acceptors (Lipinski definition) is 4. The van der Waals surface area contributed by atoms with Gasteiger partial charge in [0.2, 0.25) is 0 Å². The maximum Gasteiger partial charge on any atom is 0.161 e. The summed E-state index contributed by atoms with van der Waals surface area (Å²) in [5.41, 5.74) is 9.39. The Hall–Kier alpha value is -2.20. The minimum absolute atomic E-state index is 0.0127. The third kappa shape index (κ3) is 2.70. The number of ketones is 1. The van der Waals surface area contributed by atoms with Crippen molar-refractivity contribution < 1.29 is 14.3 Å². The van der Waals surface area contributed by atoms with Gasteiger partial charge in [-0.2, -0.15) is 0 Å². The Balaban J connectivity index is 2.30. The second-order valence-electron chi connectivity index (χ2n) is 4.72. The van der Waals surface area contributed by atoms with Crippen LogP contribution >= 0.6 is 0 Å². The lowest BCUT2D eigenvalue weighted by Crippen LogP contribution is -2.29. The summed E-state index contributed by atoms with van der Waals surface area (Å²) >= 11 is 0. The van der Waals surface area contributed by atoms with Crippen LogP contribution in [-0.4, -0.2) is 26.0 Å². The molecule has 2 rings (SSSR count). The maximum absolute atomic E-state index is 12.3. The zero-order valence-corrected chi connectivity index (χ0v) is 11.6. The van der Waals surface area contributed by atoms with E-state index in [2.05, 4.69) is 10.0 Å². The van der Waals surface area contributed by atoms with Crippen LogP contribution in [0.25, 0.3) is 10.4 Å². The summed E-state index contributed by atoms with van der Waals surface area (Å²) in [7, 11) is 3.13. The summed E-state index contributed by atoms with van der Waals surface area (Å²) < 4.78 is 10.4. The standard InChI is InChI=1S/C14H17N3O3/c1-19-12-7-6-9(8-13(12)20-2)10-4-3-5-11(14(10)18)16-17-15/h6-8,10-11H,3-5H2,1-2H3. The van der Waals surface area contributed by atoms with Gasteiger partial charge >= 0.3 is 0 Å². The molecule has 0 heterocycles. The van der Waals surface area contributed by atoms with E-state index in [9.17, 15) is 4.79 Å². The van der Waals surface area contributed by atoms with Crippen molar-refractivity contribution in [2.75, 3.05) is 14.2 Å². The molecule has 0 amide bonds.